The maximum absolute atomic E-state index is 12.3. The zero-order valence-corrected chi connectivity index (χ0v) is 12.8. The monoisotopic (exact) mass is 307 g/mol. The van der Waals surface area contributed by atoms with E-state index in [0.717, 1.165) is 0 Å². The van der Waals surface area contributed by atoms with Gasteiger partial charge >= 0.3 is 5.97 Å². The minimum atomic E-state index is -0.768. The second-order valence-corrected chi connectivity index (χ2v) is 5.44. The molecule has 0 aliphatic heterocycles. The second-order valence-electron chi connectivity index (χ2n) is 5.44. The van der Waals surface area contributed by atoms with E-state index in [1.807, 2.05) is 0 Å². The van der Waals surface area contributed by atoms with Gasteiger partial charge in [0.1, 0.15) is 11.5 Å². The van der Waals surface area contributed by atoms with Gasteiger partial charge in [-0.3, -0.25) is 9.59 Å². The minimum Gasteiger partial charge on any atom is -0.497 e. The standard InChI is InChI=1S/C16H21NO5/c1-21-12-7-8-13(14(9-12)22-2)17-15(18)10-3-5-11(6-4-10)16(19)20/h7-11H,3-6H2,1-2H3,(H,17,18)(H,19,20). The van der Waals surface area contributed by atoms with Gasteiger partial charge in [0, 0.05) is 12.0 Å². The lowest BCUT2D eigenvalue weighted by molar-refractivity contribution is -0.143. The van der Waals surface area contributed by atoms with Crippen LogP contribution in [0.3, 0.4) is 0 Å². The topological polar surface area (TPSA) is 84.9 Å². The van der Waals surface area contributed by atoms with Crippen LogP contribution in [0.5, 0.6) is 11.5 Å². The highest BCUT2D eigenvalue weighted by Gasteiger charge is 2.30. The minimum absolute atomic E-state index is 0.0905. The normalized spacial score (nSPS) is 21.0. The van der Waals surface area contributed by atoms with Gasteiger partial charge in [-0.15, -0.1) is 0 Å². The summed E-state index contributed by atoms with van der Waals surface area (Å²) in [7, 11) is 3.09. The van der Waals surface area contributed by atoms with Gasteiger partial charge in [-0.25, -0.2) is 0 Å². The SMILES string of the molecule is COc1ccc(NC(=O)C2CCC(C(=O)O)CC2)c(OC)c1. The predicted molar refractivity (Wildman–Crippen MR) is 81.3 cm³/mol. The van der Waals surface area contributed by atoms with E-state index in [2.05, 4.69) is 5.32 Å². The average Bonchev–Trinajstić information content (AvgIpc) is 2.55. The number of rotatable bonds is 5. The maximum Gasteiger partial charge on any atom is 0.306 e. The van der Waals surface area contributed by atoms with Gasteiger partial charge in [0.15, 0.2) is 0 Å². The number of methoxy groups -OCH3 is 2. The lowest BCUT2D eigenvalue weighted by atomic mass is 9.81. The first-order valence-electron chi connectivity index (χ1n) is 7.30. The van der Waals surface area contributed by atoms with E-state index in [1.165, 1.54) is 7.11 Å². The molecule has 0 heterocycles. The number of carbonyl (C=O) groups is 2. The van der Waals surface area contributed by atoms with Crippen LogP contribution < -0.4 is 14.8 Å². The van der Waals surface area contributed by atoms with E-state index in [1.54, 1.807) is 25.3 Å². The number of carboxylic acids is 1. The molecule has 0 saturated heterocycles. The van der Waals surface area contributed by atoms with Crippen molar-refractivity contribution in [2.45, 2.75) is 25.7 Å². The molecule has 1 amide bonds. The van der Waals surface area contributed by atoms with E-state index >= 15 is 0 Å². The number of carbonyl (C=O) groups excluding carboxylic acids is 1. The average molecular weight is 307 g/mol. The van der Waals surface area contributed by atoms with Crippen molar-refractivity contribution in [3.05, 3.63) is 18.2 Å². The molecular formula is C16H21NO5. The van der Waals surface area contributed by atoms with Crippen LogP contribution in [0.25, 0.3) is 0 Å². The Morgan fingerprint density at radius 3 is 2.27 bits per heavy atom. The third-order valence-corrected chi connectivity index (χ3v) is 4.11. The van der Waals surface area contributed by atoms with Crippen molar-refractivity contribution in [3.63, 3.8) is 0 Å². The van der Waals surface area contributed by atoms with Gasteiger partial charge < -0.3 is 19.9 Å². The van der Waals surface area contributed by atoms with Gasteiger partial charge in [0.25, 0.3) is 0 Å². The van der Waals surface area contributed by atoms with E-state index in [0.29, 0.717) is 42.9 Å². The van der Waals surface area contributed by atoms with Crippen molar-refractivity contribution < 1.29 is 24.2 Å². The van der Waals surface area contributed by atoms with Crippen molar-refractivity contribution in [2.24, 2.45) is 11.8 Å². The van der Waals surface area contributed by atoms with Gasteiger partial charge in [-0.1, -0.05) is 0 Å². The number of ether oxygens (including phenoxy) is 2. The second kappa shape index (κ2) is 7.15. The molecule has 6 heteroatoms. The summed E-state index contributed by atoms with van der Waals surface area (Å²) in [4.78, 5) is 23.3. The number of carboxylic acid groups (broad SMARTS) is 1. The van der Waals surface area contributed by atoms with Crippen molar-refractivity contribution in [1.82, 2.24) is 0 Å². The Bertz CT molecular complexity index is 549. The Labute approximate surface area is 129 Å². The number of hydrogen-bond donors (Lipinski definition) is 2. The Morgan fingerprint density at radius 1 is 1.09 bits per heavy atom. The fourth-order valence-electron chi connectivity index (χ4n) is 2.74. The number of anilines is 1. The first-order chi connectivity index (χ1) is 10.5. The molecule has 6 nitrogen and oxygen atoms in total. The van der Waals surface area contributed by atoms with E-state index < -0.39 is 5.97 Å². The summed E-state index contributed by atoms with van der Waals surface area (Å²) in [5.74, 6) is -0.145. The molecule has 1 aliphatic carbocycles. The largest absolute Gasteiger partial charge is 0.497 e. The Hall–Kier alpha value is -2.24. The fraction of sp³-hybridized carbons (Fsp3) is 0.500. The highest BCUT2D eigenvalue weighted by molar-refractivity contribution is 5.94. The van der Waals surface area contributed by atoms with Crippen molar-refractivity contribution >= 4 is 17.6 Å². The number of amides is 1. The molecule has 0 radical (unpaired) electrons. The third-order valence-electron chi connectivity index (χ3n) is 4.11. The highest BCUT2D eigenvalue weighted by Crippen LogP contribution is 2.32. The summed E-state index contributed by atoms with van der Waals surface area (Å²) in [5.41, 5.74) is 0.591. The number of aliphatic carboxylic acids is 1. The molecule has 1 aromatic rings. The van der Waals surface area contributed by atoms with Crippen LogP contribution in [0.4, 0.5) is 5.69 Å². The zero-order chi connectivity index (χ0) is 16.1. The van der Waals surface area contributed by atoms with Crippen molar-refractivity contribution in [3.8, 4) is 11.5 Å². The summed E-state index contributed by atoms with van der Waals surface area (Å²) in [6, 6.07) is 5.19. The molecule has 0 spiro atoms. The number of benzene rings is 1. The molecule has 2 N–H and O–H groups in total. The summed E-state index contributed by atoms with van der Waals surface area (Å²) >= 11 is 0. The van der Waals surface area contributed by atoms with Crippen LogP contribution >= 0.6 is 0 Å². The lowest BCUT2D eigenvalue weighted by Gasteiger charge is -2.25. The third kappa shape index (κ3) is 3.69. The Morgan fingerprint density at radius 2 is 1.73 bits per heavy atom. The molecule has 1 fully saturated rings. The van der Waals surface area contributed by atoms with Gasteiger partial charge in [-0.2, -0.15) is 0 Å². The van der Waals surface area contributed by atoms with E-state index in [9.17, 15) is 9.59 Å². The van der Waals surface area contributed by atoms with Crippen LogP contribution in [-0.2, 0) is 9.59 Å². The molecule has 0 unspecified atom stereocenters. The molecule has 22 heavy (non-hydrogen) atoms. The Kier molecular flexibility index (Phi) is 5.25. The predicted octanol–water partition coefficient (Wildman–Crippen LogP) is 2.53. The van der Waals surface area contributed by atoms with Gasteiger partial charge in [-0.05, 0) is 37.8 Å². The molecule has 0 bridgehead atoms. The van der Waals surface area contributed by atoms with Crippen molar-refractivity contribution in [1.29, 1.82) is 0 Å². The molecule has 0 atom stereocenters. The molecule has 1 aliphatic rings. The summed E-state index contributed by atoms with van der Waals surface area (Å²) in [6.45, 7) is 0. The summed E-state index contributed by atoms with van der Waals surface area (Å²) in [6.07, 6.45) is 2.29. The molecule has 2 rings (SSSR count). The fourth-order valence-corrected chi connectivity index (χ4v) is 2.74. The van der Waals surface area contributed by atoms with E-state index in [4.69, 9.17) is 14.6 Å². The lowest BCUT2D eigenvalue weighted by Crippen LogP contribution is -2.29. The molecule has 0 aromatic heterocycles. The summed E-state index contributed by atoms with van der Waals surface area (Å²) < 4.78 is 10.4. The molecule has 1 saturated carbocycles. The van der Waals surface area contributed by atoms with Crippen LogP contribution in [0.2, 0.25) is 0 Å². The smallest absolute Gasteiger partial charge is 0.306 e. The number of hydrogen-bond acceptors (Lipinski definition) is 4. The summed E-state index contributed by atoms with van der Waals surface area (Å²) in [5, 5.41) is 11.8. The van der Waals surface area contributed by atoms with E-state index in [-0.39, 0.29) is 17.7 Å². The number of nitrogens with one attached hydrogen (secondary N) is 1. The molecular weight excluding hydrogens is 286 g/mol. The zero-order valence-electron chi connectivity index (χ0n) is 12.8. The van der Waals surface area contributed by atoms with Gasteiger partial charge in [0.05, 0.1) is 25.8 Å². The highest BCUT2D eigenvalue weighted by atomic mass is 16.5. The quantitative estimate of drug-likeness (QED) is 0.873. The Balaban J connectivity index is 1.99. The van der Waals surface area contributed by atoms with Crippen LogP contribution in [0.15, 0.2) is 18.2 Å². The maximum atomic E-state index is 12.3. The van der Waals surface area contributed by atoms with Crippen LogP contribution in [-0.4, -0.2) is 31.2 Å². The van der Waals surface area contributed by atoms with Gasteiger partial charge in [0.2, 0.25) is 5.91 Å². The van der Waals surface area contributed by atoms with Crippen molar-refractivity contribution in [2.75, 3.05) is 19.5 Å². The first-order valence-corrected chi connectivity index (χ1v) is 7.30. The van der Waals surface area contributed by atoms with Crippen LogP contribution in [0.1, 0.15) is 25.7 Å². The molecule has 1 aromatic carbocycles. The molecule has 120 valence electrons. The van der Waals surface area contributed by atoms with Crippen LogP contribution in [0, 0.1) is 11.8 Å². The first kappa shape index (κ1) is 16.1.